The van der Waals surface area contributed by atoms with E-state index in [-0.39, 0.29) is 29.6 Å². The zero-order valence-electron chi connectivity index (χ0n) is 21.3. The third kappa shape index (κ3) is 4.90. The summed E-state index contributed by atoms with van der Waals surface area (Å²) in [6.07, 6.45) is -1.34. The SMILES string of the molecule is CC[C@@H](F)CN1[C@H](c2c(F)cc([C@H](F)C3CN(CCCF)C3)cc2F)c2[nH]c3ccccc3c2C[C@H]1C. The highest BCUT2D eigenvalue weighted by Gasteiger charge is 2.40. The summed E-state index contributed by atoms with van der Waals surface area (Å²) < 4.78 is 73.8. The number of nitrogens with one attached hydrogen (secondary N) is 1. The number of fused-ring (bicyclic) bond motifs is 3. The van der Waals surface area contributed by atoms with Gasteiger partial charge in [-0.05, 0) is 55.5 Å². The van der Waals surface area contributed by atoms with Crippen LogP contribution in [0.25, 0.3) is 10.9 Å². The molecule has 37 heavy (non-hydrogen) atoms. The van der Waals surface area contributed by atoms with Crippen molar-refractivity contribution in [2.45, 2.75) is 57.5 Å². The quantitative estimate of drug-likeness (QED) is 0.313. The van der Waals surface area contributed by atoms with Crippen molar-refractivity contribution in [2.24, 2.45) is 5.92 Å². The van der Waals surface area contributed by atoms with Crippen LogP contribution in [-0.4, -0.2) is 59.9 Å². The summed E-state index contributed by atoms with van der Waals surface area (Å²) >= 11 is 0. The van der Waals surface area contributed by atoms with Gasteiger partial charge in [-0.1, -0.05) is 25.1 Å². The average Bonchev–Trinajstić information content (AvgIpc) is 3.22. The lowest BCUT2D eigenvalue weighted by Gasteiger charge is -2.42. The van der Waals surface area contributed by atoms with E-state index >= 15 is 13.2 Å². The molecular weight excluding hydrogens is 485 g/mol. The number of aromatic amines is 1. The molecule has 2 aliphatic rings. The first-order chi connectivity index (χ1) is 17.8. The number of hydrogen-bond acceptors (Lipinski definition) is 2. The fraction of sp³-hybridized carbons (Fsp3) is 0.517. The van der Waals surface area contributed by atoms with Crippen molar-refractivity contribution < 1.29 is 22.0 Å². The maximum absolute atomic E-state index is 15.8. The van der Waals surface area contributed by atoms with Crippen LogP contribution in [0.1, 0.15) is 61.3 Å². The Balaban J connectivity index is 1.51. The maximum Gasteiger partial charge on any atom is 0.131 e. The molecule has 0 aliphatic carbocycles. The number of aromatic nitrogens is 1. The number of halogens is 5. The molecule has 3 heterocycles. The Bertz CT molecular complexity index is 1210. The summed E-state index contributed by atoms with van der Waals surface area (Å²) in [5.74, 6) is -2.04. The lowest BCUT2D eigenvalue weighted by molar-refractivity contribution is 0.0361. The van der Waals surface area contributed by atoms with Crippen LogP contribution in [0.3, 0.4) is 0 Å². The molecule has 0 spiro atoms. The lowest BCUT2D eigenvalue weighted by Crippen LogP contribution is -2.48. The molecular formula is C29H34F5N3. The molecule has 0 unspecified atom stereocenters. The number of rotatable bonds is 9. The predicted molar refractivity (Wildman–Crippen MR) is 136 cm³/mol. The Hall–Kier alpha value is -2.45. The molecule has 0 bridgehead atoms. The van der Waals surface area contributed by atoms with Gasteiger partial charge < -0.3 is 9.88 Å². The molecule has 0 radical (unpaired) electrons. The molecule has 1 saturated heterocycles. The van der Waals surface area contributed by atoms with Crippen molar-refractivity contribution in [2.75, 3.05) is 32.9 Å². The third-order valence-electron chi connectivity index (χ3n) is 8.07. The van der Waals surface area contributed by atoms with E-state index in [4.69, 9.17) is 0 Å². The molecule has 5 rings (SSSR count). The van der Waals surface area contributed by atoms with Gasteiger partial charge in [0, 0.05) is 60.3 Å². The zero-order chi connectivity index (χ0) is 26.3. The van der Waals surface area contributed by atoms with Crippen molar-refractivity contribution in [3.05, 3.63) is 70.4 Å². The molecule has 1 aromatic heterocycles. The summed E-state index contributed by atoms with van der Waals surface area (Å²) in [6, 6.07) is 8.90. The molecule has 3 nitrogen and oxygen atoms in total. The number of benzene rings is 2. The average molecular weight is 520 g/mol. The molecule has 200 valence electrons. The molecule has 2 aliphatic heterocycles. The number of likely N-dealkylation sites (tertiary alicyclic amines) is 1. The van der Waals surface area contributed by atoms with Crippen molar-refractivity contribution in [1.29, 1.82) is 0 Å². The molecule has 2 aromatic carbocycles. The highest BCUT2D eigenvalue weighted by molar-refractivity contribution is 5.85. The van der Waals surface area contributed by atoms with E-state index in [2.05, 4.69) is 4.98 Å². The van der Waals surface area contributed by atoms with Gasteiger partial charge in [0.25, 0.3) is 0 Å². The molecule has 0 saturated carbocycles. The van der Waals surface area contributed by atoms with E-state index in [1.807, 2.05) is 41.0 Å². The van der Waals surface area contributed by atoms with Gasteiger partial charge in [-0.15, -0.1) is 0 Å². The van der Waals surface area contributed by atoms with Crippen molar-refractivity contribution in [3.8, 4) is 0 Å². The van der Waals surface area contributed by atoms with Gasteiger partial charge in [-0.2, -0.15) is 0 Å². The van der Waals surface area contributed by atoms with Gasteiger partial charge in [0.2, 0.25) is 0 Å². The van der Waals surface area contributed by atoms with Gasteiger partial charge in [0.05, 0.1) is 12.7 Å². The predicted octanol–water partition coefficient (Wildman–Crippen LogP) is 6.83. The van der Waals surface area contributed by atoms with Crippen LogP contribution < -0.4 is 0 Å². The van der Waals surface area contributed by atoms with Crippen LogP contribution in [-0.2, 0) is 6.42 Å². The van der Waals surface area contributed by atoms with E-state index in [0.717, 1.165) is 28.6 Å². The topological polar surface area (TPSA) is 22.3 Å². The minimum atomic E-state index is -1.51. The number of para-hydroxylation sites is 1. The Labute approximate surface area is 214 Å². The standard InChI is InChI=1S/C29H34F5N3/c1-3-20(31)16-37-17(2)11-22-21-7-4-5-8-25(21)35-28(22)29(37)26-23(32)12-18(13-24(26)33)27(34)19-14-36(15-19)10-6-9-30/h4-5,7-8,12-13,17,19-20,27,29,35H,3,6,9-11,14-16H2,1-2H3/t17-,20-,27+,29-/m1/s1. The van der Waals surface area contributed by atoms with Crippen LogP contribution in [0.4, 0.5) is 22.0 Å². The second kappa shape index (κ2) is 10.7. The van der Waals surface area contributed by atoms with E-state index in [0.29, 0.717) is 44.6 Å². The van der Waals surface area contributed by atoms with Gasteiger partial charge in [0.15, 0.2) is 0 Å². The van der Waals surface area contributed by atoms with E-state index < -0.39 is 36.7 Å². The van der Waals surface area contributed by atoms with Gasteiger partial charge in [-0.3, -0.25) is 9.29 Å². The zero-order valence-corrected chi connectivity index (χ0v) is 21.3. The first-order valence-electron chi connectivity index (χ1n) is 13.2. The Morgan fingerprint density at radius 1 is 1.08 bits per heavy atom. The highest BCUT2D eigenvalue weighted by Crippen LogP contribution is 2.44. The van der Waals surface area contributed by atoms with Gasteiger partial charge in [-0.25, -0.2) is 17.6 Å². The lowest BCUT2D eigenvalue weighted by atomic mass is 9.85. The maximum atomic E-state index is 15.8. The first kappa shape index (κ1) is 26.2. The number of H-pyrrole nitrogens is 1. The van der Waals surface area contributed by atoms with E-state index in [1.165, 1.54) is 0 Å². The van der Waals surface area contributed by atoms with Crippen molar-refractivity contribution >= 4 is 10.9 Å². The van der Waals surface area contributed by atoms with Crippen LogP contribution in [0, 0.1) is 17.6 Å². The number of alkyl halides is 3. The van der Waals surface area contributed by atoms with Gasteiger partial charge >= 0.3 is 0 Å². The fourth-order valence-corrected chi connectivity index (χ4v) is 6.02. The van der Waals surface area contributed by atoms with E-state index in [9.17, 15) is 8.78 Å². The minimum Gasteiger partial charge on any atom is -0.357 e. The van der Waals surface area contributed by atoms with Crippen LogP contribution in [0.5, 0.6) is 0 Å². The summed E-state index contributed by atoms with van der Waals surface area (Å²) in [5, 5.41) is 0.991. The van der Waals surface area contributed by atoms with E-state index in [1.54, 1.807) is 6.92 Å². The summed E-state index contributed by atoms with van der Waals surface area (Å²) in [4.78, 5) is 7.12. The second-order valence-electron chi connectivity index (χ2n) is 10.6. The highest BCUT2D eigenvalue weighted by atomic mass is 19.1. The third-order valence-corrected chi connectivity index (χ3v) is 8.07. The largest absolute Gasteiger partial charge is 0.357 e. The summed E-state index contributed by atoms with van der Waals surface area (Å²) in [7, 11) is 0. The van der Waals surface area contributed by atoms with Crippen LogP contribution in [0.2, 0.25) is 0 Å². The molecule has 3 aromatic rings. The van der Waals surface area contributed by atoms with Crippen molar-refractivity contribution in [1.82, 2.24) is 14.8 Å². The van der Waals surface area contributed by atoms with Gasteiger partial charge in [0.1, 0.15) is 24.0 Å². The molecule has 1 fully saturated rings. The molecule has 1 N–H and O–H groups in total. The normalized spacial score (nSPS) is 22.7. The number of hydrogen-bond donors (Lipinski definition) is 1. The number of nitrogens with zero attached hydrogens (tertiary/aromatic N) is 2. The van der Waals surface area contributed by atoms with Crippen LogP contribution >= 0.6 is 0 Å². The molecule has 0 amide bonds. The minimum absolute atomic E-state index is 0.0295. The first-order valence-corrected chi connectivity index (χ1v) is 13.2. The summed E-state index contributed by atoms with van der Waals surface area (Å²) in [6.45, 7) is 4.75. The second-order valence-corrected chi connectivity index (χ2v) is 10.6. The summed E-state index contributed by atoms with van der Waals surface area (Å²) in [5.41, 5.74) is 2.29. The van der Waals surface area contributed by atoms with Crippen molar-refractivity contribution in [3.63, 3.8) is 0 Å². The smallest absolute Gasteiger partial charge is 0.131 e. The Morgan fingerprint density at radius 3 is 2.46 bits per heavy atom. The Kier molecular flexibility index (Phi) is 7.59. The monoisotopic (exact) mass is 519 g/mol. The fourth-order valence-electron chi connectivity index (χ4n) is 6.02. The van der Waals surface area contributed by atoms with Crippen LogP contribution in [0.15, 0.2) is 36.4 Å². The Morgan fingerprint density at radius 2 is 1.78 bits per heavy atom. The molecule has 4 atom stereocenters. The molecule has 8 heteroatoms.